The third-order valence-corrected chi connectivity index (χ3v) is 5.93. The van der Waals surface area contributed by atoms with E-state index in [-0.39, 0.29) is 6.47 Å². The van der Waals surface area contributed by atoms with Crippen molar-refractivity contribution < 1.29 is 14.6 Å². The molecule has 0 unspecified atom stereocenters. The number of pyridine rings is 2. The van der Waals surface area contributed by atoms with Crippen LogP contribution in [-0.2, 0) is 16.1 Å². The number of morpholine rings is 1. The van der Waals surface area contributed by atoms with Gasteiger partial charge in [0.25, 0.3) is 6.47 Å². The summed E-state index contributed by atoms with van der Waals surface area (Å²) in [4.78, 5) is 24.8. The van der Waals surface area contributed by atoms with Gasteiger partial charge in [0.05, 0.1) is 36.5 Å². The highest BCUT2D eigenvalue weighted by Gasteiger charge is 2.21. The zero-order valence-electron chi connectivity index (χ0n) is 19.3. The summed E-state index contributed by atoms with van der Waals surface area (Å²) < 4.78 is 9.61. The van der Waals surface area contributed by atoms with Gasteiger partial charge in [-0.1, -0.05) is 18.2 Å². The first kappa shape index (κ1) is 22.5. The minimum atomic E-state index is -0.250. The lowest BCUT2D eigenvalue weighted by atomic mass is 10.1. The normalized spacial score (nSPS) is 13.6. The van der Waals surface area contributed by atoms with Gasteiger partial charge in [-0.3, -0.25) is 4.79 Å². The van der Waals surface area contributed by atoms with Gasteiger partial charge in [0.15, 0.2) is 5.65 Å². The first-order valence-electron chi connectivity index (χ1n) is 11.3. The third-order valence-electron chi connectivity index (χ3n) is 5.93. The average molecular weight is 472 g/mol. The van der Waals surface area contributed by atoms with E-state index in [1.54, 1.807) is 6.33 Å². The average Bonchev–Trinajstić information content (AvgIpc) is 3.54. The van der Waals surface area contributed by atoms with Gasteiger partial charge >= 0.3 is 0 Å². The molecule has 0 atom stereocenters. The highest BCUT2D eigenvalue weighted by molar-refractivity contribution is 5.88. The zero-order valence-corrected chi connectivity index (χ0v) is 19.3. The Morgan fingerprint density at radius 3 is 2.77 bits per heavy atom. The number of fused-ring (bicyclic) bond motifs is 2. The van der Waals surface area contributed by atoms with Crippen LogP contribution in [0.2, 0.25) is 0 Å². The molecule has 10 heteroatoms. The van der Waals surface area contributed by atoms with Crippen molar-refractivity contribution in [3.05, 3.63) is 72.4 Å². The topological polar surface area (TPSA) is 111 Å². The van der Waals surface area contributed by atoms with Gasteiger partial charge in [-0.2, -0.15) is 5.10 Å². The fourth-order valence-corrected chi connectivity index (χ4v) is 4.32. The molecule has 4 aromatic heterocycles. The minimum absolute atomic E-state index is 0.250. The second-order valence-corrected chi connectivity index (χ2v) is 8.19. The van der Waals surface area contributed by atoms with Crippen molar-refractivity contribution in [2.45, 2.75) is 13.5 Å². The molecule has 35 heavy (non-hydrogen) atoms. The van der Waals surface area contributed by atoms with Crippen LogP contribution in [0.15, 0.2) is 61.2 Å². The molecule has 178 valence electrons. The number of anilines is 1. The molecule has 1 N–H and O–H groups in total. The van der Waals surface area contributed by atoms with Gasteiger partial charge in [0.2, 0.25) is 0 Å². The predicted molar refractivity (Wildman–Crippen MR) is 132 cm³/mol. The largest absolute Gasteiger partial charge is 0.483 e. The lowest BCUT2D eigenvalue weighted by Crippen LogP contribution is -2.37. The van der Waals surface area contributed by atoms with Gasteiger partial charge in [-0.25, -0.2) is 19.5 Å². The fraction of sp³-hybridized carbons (Fsp3) is 0.240. The Balaban J connectivity index is 0.000000806. The van der Waals surface area contributed by atoms with E-state index in [4.69, 9.17) is 24.6 Å². The Bertz CT molecular complexity index is 1470. The number of nitrogens with zero attached hydrogens (tertiary/aromatic N) is 7. The fourth-order valence-electron chi connectivity index (χ4n) is 4.32. The first-order chi connectivity index (χ1) is 17.2. The molecular weight excluding hydrogens is 446 g/mol. The molecular formula is C25H25N7O3. The highest BCUT2D eigenvalue weighted by Crippen LogP contribution is 2.33. The SMILES string of the molecule is Cc1ccc2cc(-c3nccn3Cc3cccc4ncnn34)c(N3CCOCC3)nc2c1.O=CO. The lowest BCUT2D eigenvalue weighted by Gasteiger charge is -2.29. The van der Waals surface area contributed by atoms with Crippen LogP contribution in [0, 0.1) is 6.92 Å². The number of imidazole rings is 1. The number of rotatable bonds is 4. The standard InChI is InChI=1S/C24H23N7O.CH2O2/c1-17-5-6-18-14-20(24(28-21(18)13-17)29-9-11-32-12-10-29)23-25-7-8-30(23)15-19-3-2-4-22-26-16-27-31(19)22;2-1-3/h2-8,13-14,16H,9-12,15H2,1H3;1H,(H,2,3). The molecule has 0 radical (unpaired) electrons. The molecule has 5 heterocycles. The molecule has 1 aliphatic rings. The Hall–Kier alpha value is -4.31. The van der Waals surface area contributed by atoms with Crippen LogP contribution in [0.25, 0.3) is 27.9 Å². The number of carboxylic acid groups (broad SMARTS) is 1. The van der Waals surface area contributed by atoms with Crippen LogP contribution in [0.4, 0.5) is 5.82 Å². The minimum Gasteiger partial charge on any atom is -0.483 e. The van der Waals surface area contributed by atoms with E-state index < -0.39 is 0 Å². The van der Waals surface area contributed by atoms with Crippen molar-refractivity contribution in [3.63, 3.8) is 0 Å². The Kier molecular flexibility index (Phi) is 6.36. The van der Waals surface area contributed by atoms with Crippen molar-refractivity contribution >= 4 is 28.8 Å². The molecule has 10 nitrogen and oxygen atoms in total. The molecule has 0 bridgehead atoms. The van der Waals surface area contributed by atoms with Crippen molar-refractivity contribution in [1.82, 2.24) is 29.1 Å². The Morgan fingerprint density at radius 2 is 1.94 bits per heavy atom. The number of hydrogen-bond donors (Lipinski definition) is 1. The monoisotopic (exact) mass is 471 g/mol. The molecule has 0 spiro atoms. The molecule has 0 aliphatic carbocycles. The maximum absolute atomic E-state index is 8.36. The predicted octanol–water partition coefficient (Wildman–Crippen LogP) is 3.04. The van der Waals surface area contributed by atoms with Crippen LogP contribution in [0.5, 0.6) is 0 Å². The van der Waals surface area contributed by atoms with Gasteiger partial charge in [0, 0.05) is 30.9 Å². The number of ether oxygens (including phenoxy) is 1. The number of hydrogen-bond acceptors (Lipinski definition) is 7. The van der Waals surface area contributed by atoms with Crippen LogP contribution in [0.1, 0.15) is 11.3 Å². The summed E-state index contributed by atoms with van der Waals surface area (Å²) >= 11 is 0. The second-order valence-electron chi connectivity index (χ2n) is 8.19. The van der Waals surface area contributed by atoms with E-state index in [9.17, 15) is 0 Å². The molecule has 6 rings (SSSR count). The number of aryl methyl sites for hydroxylation is 1. The van der Waals surface area contributed by atoms with E-state index >= 15 is 0 Å². The van der Waals surface area contributed by atoms with E-state index in [1.165, 1.54) is 5.56 Å². The third kappa shape index (κ3) is 4.56. The Labute approximate surface area is 201 Å². The van der Waals surface area contributed by atoms with Crippen molar-refractivity contribution in [2.24, 2.45) is 0 Å². The smallest absolute Gasteiger partial charge is 0.290 e. The van der Waals surface area contributed by atoms with Crippen LogP contribution in [-0.4, -0.2) is 67.0 Å². The molecule has 0 amide bonds. The van der Waals surface area contributed by atoms with Crippen molar-refractivity contribution in [2.75, 3.05) is 31.2 Å². The van der Waals surface area contributed by atoms with Gasteiger partial charge < -0.3 is 19.3 Å². The second kappa shape index (κ2) is 9.90. The summed E-state index contributed by atoms with van der Waals surface area (Å²) in [7, 11) is 0. The molecule has 1 saturated heterocycles. The zero-order chi connectivity index (χ0) is 24.2. The van der Waals surface area contributed by atoms with Crippen LogP contribution >= 0.6 is 0 Å². The molecule has 1 fully saturated rings. The number of carbonyl (C=O) groups is 1. The first-order valence-corrected chi connectivity index (χ1v) is 11.3. The molecule has 0 saturated carbocycles. The summed E-state index contributed by atoms with van der Waals surface area (Å²) in [5.41, 5.74) is 5.10. The van der Waals surface area contributed by atoms with Gasteiger partial charge in [-0.05, 0) is 36.8 Å². The van der Waals surface area contributed by atoms with E-state index in [0.29, 0.717) is 19.8 Å². The van der Waals surface area contributed by atoms with Crippen LogP contribution in [0.3, 0.4) is 0 Å². The van der Waals surface area contributed by atoms with E-state index in [0.717, 1.165) is 52.5 Å². The molecule has 5 aromatic rings. The lowest BCUT2D eigenvalue weighted by molar-refractivity contribution is -0.122. The van der Waals surface area contributed by atoms with Gasteiger partial charge in [0.1, 0.15) is 18.0 Å². The Morgan fingerprint density at radius 1 is 1.11 bits per heavy atom. The number of aromatic nitrogens is 6. The summed E-state index contributed by atoms with van der Waals surface area (Å²) in [6.07, 6.45) is 5.44. The highest BCUT2D eigenvalue weighted by atomic mass is 16.5. The summed E-state index contributed by atoms with van der Waals surface area (Å²) in [6.45, 7) is 5.52. The summed E-state index contributed by atoms with van der Waals surface area (Å²) in [6, 6.07) is 14.6. The van der Waals surface area contributed by atoms with E-state index in [1.807, 2.05) is 29.0 Å². The van der Waals surface area contributed by atoms with Crippen molar-refractivity contribution in [1.29, 1.82) is 0 Å². The maximum atomic E-state index is 8.36. The molecule has 1 aromatic carbocycles. The van der Waals surface area contributed by atoms with Crippen molar-refractivity contribution in [3.8, 4) is 11.4 Å². The summed E-state index contributed by atoms with van der Waals surface area (Å²) in [5, 5.41) is 12.4. The van der Waals surface area contributed by atoms with E-state index in [2.05, 4.69) is 56.8 Å². The summed E-state index contributed by atoms with van der Waals surface area (Å²) in [5.74, 6) is 1.84. The number of benzene rings is 1. The maximum Gasteiger partial charge on any atom is 0.290 e. The quantitative estimate of drug-likeness (QED) is 0.398. The van der Waals surface area contributed by atoms with Crippen LogP contribution < -0.4 is 4.90 Å². The molecule has 1 aliphatic heterocycles. The van der Waals surface area contributed by atoms with Gasteiger partial charge in [-0.15, -0.1) is 0 Å².